The number of rotatable bonds is 9. The van der Waals surface area contributed by atoms with Crippen LogP contribution in [0, 0.1) is 0 Å². The molecule has 0 heterocycles. The zero-order chi connectivity index (χ0) is 15.9. The van der Waals surface area contributed by atoms with Gasteiger partial charge in [-0.3, -0.25) is 0 Å². The van der Waals surface area contributed by atoms with Crippen molar-refractivity contribution in [2.24, 2.45) is 5.14 Å². The van der Waals surface area contributed by atoms with Crippen LogP contribution in [0.1, 0.15) is 12.0 Å². The highest BCUT2D eigenvalue weighted by Gasteiger charge is 2.12. The number of nitrogens with one attached hydrogen (secondary N) is 1. The van der Waals surface area contributed by atoms with Crippen LogP contribution in [-0.4, -0.2) is 42.0 Å². The van der Waals surface area contributed by atoms with E-state index in [1.54, 1.807) is 21.3 Å². The predicted octanol–water partition coefficient (Wildman–Crippen LogP) is 0.481. The molecule has 0 unspecified atom stereocenters. The van der Waals surface area contributed by atoms with Crippen molar-refractivity contribution in [2.45, 2.75) is 13.0 Å². The van der Waals surface area contributed by atoms with Gasteiger partial charge in [-0.2, -0.15) is 0 Å². The fourth-order valence-corrected chi connectivity index (χ4v) is 2.42. The smallest absolute Gasteiger partial charge is 0.209 e. The Labute approximate surface area is 125 Å². The fraction of sp³-hybridized carbons (Fsp3) is 0.538. The SMILES string of the molecule is COc1cc(CNCCCS(N)(=O)=O)cc(OC)c1OC. The number of hydrogen-bond donors (Lipinski definition) is 2. The van der Waals surface area contributed by atoms with Crippen molar-refractivity contribution in [1.82, 2.24) is 5.32 Å². The molecule has 0 aliphatic rings. The van der Waals surface area contributed by atoms with Crippen molar-refractivity contribution in [3.63, 3.8) is 0 Å². The van der Waals surface area contributed by atoms with E-state index in [1.807, 2.05) is 12.1 Å². The van der Waals surface area contributed by atoms with Gasteiger partial charge in [0.25, 0.3) is 0 Å². The number of methoxy groups -OCH3 is 3. The molecule has 0 aromatic heterocycles. The van der Waals surface area contributed by atoms with Crippen LogP contribution in [-0.2, 0) is 16.6 Å². The minimum absolute atomic E-state index is 0.0325. The van der Waals surface area contributed by atoms with E-state index in [0.29, 0.717) is 36.8 Å². The van der Waals surface area contributed by atoms with Crippen molar-refractivity contribution < 1.29 is 22.6 Å². The van der Waals surface area contributed by atoms with Crippen molar-refractivity contribution >= 4 is 10.0 Å². The van der Waals surface area contributed by atoms with Gasteiger partial charge in [-0.1, -0.05) is 0 Å². The molecule has 0 radical (unpaired) electrons. The van der Waals surface area contributed by atoms with E-state index >= 15 is 0 Å². The fourth-order valence-electron chi connectivity index (χ4n) is 1.87. The molecule has 0 saturated heterocycles. The highest BCUT2D eigenvalue weighted by Crippen LogP contribution is 2.38. The molecular formula is C13H22N2O5S. The summed E-state index contributed by atoms with van der Waals surface area (Å²) in [5, 5.41) is 8.08. The lowest BCUT2D eigenvalue weighted by Crippen LogP contribution is -2.22. The largest absolute Gasteiger partial charge is 0.493 e. The predicted molar refractivity (Wildman–Crippen MR) is 80.4 cm³/mol. The Bertz CT molecular complexity index is 535. The minimum atomic E-state index is -3.40. The third kappa shape index (κ3) is 5.78. The van der Waals surface area contributed by atoms with E-state index in [1.165, 1.54) is 0 Å². The lowest BCUT2D eigenvalue weighted by Gasteiger charge is -2.14. The lowest BCUT2D eigenvalue weighted by atomic mass is 10.1. The number of primary sulfonamides is 1. The zero-order valence-electron chi connectivity index (χ0n) is 12.5. The van der Waals surface area contributed by atoms with Crippen LogP contribution in [0.4, 0.5) is 0 Å². The summed E-state index contributed by atoms with van der Waals surface area (Å²) in [7, 11) is 1.26. The normalized spacial score (nSPS) is 11.2. The van der Waals surface area contributed by atoms with Crippen LogP contribution in [0.25, 0.3) is 0 Å². The zero-order valence-corrected chi connectivity index (χ0v) is 13.3. The van der Waals surface area contributed by atoms with Gasteiger partial charge in [0, 0.05) is 6.54 Å². The van der Waals surface area contributed by atoms with Gasteiger partial charge in [-0.05, 0) is 30.7 Å². The third-order valence-electron chi connectivity index (χ3n) is 2.84. The van der Waals surface area contributed by atoms with E-state index in [2.05, 4.69) is 5.32 Å². The van der Waals surface area contributed by atoms with Gasteiger partial charge in [-0.15, -0.1) is 0 Å². The van der Waals surface area contributed by atoms with E-state index in [-0.39, 0.29) is 5.75 Å². The molecule has 3 N–H and O–H groups in total. The Morgan fingerprint density at radius 1 is 1.10 bits per heavy atom. The Kier molecular flexibility index (Phi) is 6.73. The topological polar surface area (TPSA) is 99.9 Å². The molecule has 0 aliphatic carbocycles. The highest BCUT2D eigenvalue weighted by molar-refractivity contribution is 7.89. The second-order valence-electron chi connectivity index (χ2n) is 4.43. The summed E-state index contributed by atoms with van der Waals surface area (Å²) in [6.45, 7) is 1.11. The quantitative estimate of drug-likeness (QED) is 0.642. The molecule has 21 heavy (non-hydrogen) atoms. The molecule has 0 atom stereocenters. The van der Waals surface area contributed by atoms with Crippen LogP contribution in [0.5, 0.6) is 17.2 Å². The molecule has 120 valence electrons. The standard InChI is InChI=1S/C13H22N2O5S/c1-18-11-7-10(8-12(19-2)13(11)20-3)9-15-5-4-6-21(14,16)17/h7-8,15H,4-6,9H2,1-3H3,(H2,14,16,17). The van der Waals surface area contributed by atoms with Crippen LogP contribution in [0.3, 0.4) is 0 Å². The van der Waals surface area contributed by atoms with Gasteiger partial charge in [0.2, 0.25) is 15.8 Å². The van der Waals surface area contributed by atoms with E-state index in [9.17, 15) is 8.42 Å². The third-order valence-corrected chi connectivity index (χ3v) is 3.69. The second kappa shape index (κ2) is 8.06. The van der Waals surface area contributed by atoms with Crippen LogP contribution in [0.2, 0.25) is 0 Å². The first-order valence-corrected chi connectivity index (χ1v) is 8.13. The number of nitrogens with two attached hydrogens (primary N) is 1. The summed E-state index contributed by atoms with van der Waals surface area (Å²) >= 11 is 0. The Balaban J connectivity index is 2.63. The summed E-state index contributed by atoms with van der Waals surface area (Å²) in [6.07, 6.45) is 0.462. The van der Waals surface area contributed by atoms with Gasteiger partial charge in [0.15, 0.2) is 11.5 Å². The van der Waals surface area contributed by atoms with Crippen molar-refractivity contribution in [3.8, 4) is 17.2 Å². The van der Waals surface area contributed by atoms with Gasteiger partial charge >= 0.3 is 0 Å². The van der Waals surface area contributed by atoms with Crippen molar-refractivity contribution in [1.29, 1.82) is 0 Å². The summed E-state index contributed by atoms with van der Waals surface area (Å²) in [4.78, 5) is 0. The maximum absolute atomic E-state index is 10.8. The second-order valence-corrected chi connectivity index (χ2v) is 6.16. The summed E-state index contributed by atoms with van der Waals surface area (Å²) in [6, 6.07) is 3.68. The number of sulfonamides is 1. The Hall–Kier alpha value is -1.51. The molecule has 7 nitrogen and oxygen atoms in total. The lowest BCUT2D eigenvalue weighted by molar-refractivity contribution is 0.323. The first-order valence-electron chi connectivity index (χ1n) is 6.41. The molecule has 0 saturated carbocycles. The van der Waals surface area contributed by atoms with Crippen LogP contribution < -0.4 is 24.7 Å². The summed E-state index contributed by atoms with van der Waals surface area (Å²) < 4.78 is 37.4. The van der Waals surface area contributed by atoms with Crippen LogP contribution in [0.15, 0.2) is 12.1 Å². The molecule has 1 aromatic rings. The first-order chi connectivity index (χ1) is 9.91. The number of ether oxygens (including phenoxy) is 3. The average Bonchev–Trinajstić information content (AvgIpc) is 2.44. The maximum Gasteiger partial charge on any atom is 0.209 e. The average molecular weight is 318 g/mol. The van der Waals surface area contributed by atoms with Gasteiger partial charge < -0.3 is 19.5 Å². The molecule has 0 fully saturated rings. The van der Waals surface area contributed by atoms with Gasteiger partial charge in [0.05, 0.1) is 27.1 Å². The molecular weight excluding hydrogens is 296 g/mol. The maximum atomic E-state index is 10.8. The molecule has 0 amide bonds. The molecule has 8 heteroatoms. The molecule has 0 aliphatic heterocycles. The van der Waals surface area contributed by atoms with E-state index < -0.39 is 10.0 Å². The summed E-state index contributed by atoms with van der Waals surface area (Å²) in [5.74, 6) is 1.67. The Morgan fingerprint density at radius 2 is 1.67 bits per heavy atom. The highest BCUT2D eigenvalue weighted by atomic mass is 32.2. The molecule has 1 aromatic carbocycles. The van der Waals surface area contributed by atoms with Gasteiger partial charge in [-0.25, -0.2) is 13.6 Å². The number of benzene rings is 1. The number of hydrogen-bond acceptors (Lipinski definition) is 6. The van der Waals surface area contributed by atoms with E-state index in [0.717, 1.165) is 5.56 Å². The van der Waals surface area contributed by atoms with Gasteiger partial charge in [0.1, 0.15) is 0 Å². The summed E-state index contributed by atoms with van der Waals surface area (Å²) in [5.41, 5.74) is 0.945. The minimum Gasteiger partial charge on any atom is -0.493 e. The monoisotopic (exact) mass is 318 g/mol. The first kappa shape index (κ1) is 17.5. The molecule has 0 bridgehead atoms. The Morgan fingerprint density at radius 3 is 2.10 bits per heavy atom. The van der Waals surface area contributed by atoms with Crippen molar-refractivity contribution in [3.05, 3.63) is 17.7 Å². The van der Waals surface area contributed by atoms with Crippen LogP contribution >= 0.6 is 0 Å². The van der Waals surface area contributed by atoms with Crippen molar-refractivity contribution in [2.75, 3.05) is 33.6 Å². The molecule has 0 spiro atoms. The van der Waals surface area contributed by atoms with E-state index in [4.69, 9.17) is 19.3 Å². The molecule has 1 rings (SSSR count).